The van der Waals surface area contributed by atoms with E-state index >= 15 is 0 Å². The molecule has 0 bridgehead atoms. The number of ether oxygens (including phenoxy) is 1. The van der Waals surface area contributed by atoms with Gasteiger partial charge in [0.2, 0.25) is 0 Å². The van der Waals surface area contributed by atoms with Gasteiger partial charge in [0.15, 0.2) is 0 Å². The molecule has 2 atom stereocenters. The highest BCUT2D eigenvalue weighted by molar-refractivity contribution is 5.95. The van der Waals surface area contributed by atoms with E-state index in [-0.39, 0.29) is 12.0 Å². The maximum atomic E-state index is 12.0. The normalized spacial score (nSPS) is 20.3. The molecule has 3 aromatic carbocycles. The minimum atomic E-state index is -0.0424. The molecule has 1 amide bonds. The van der Waals surface area contributed by atoms with Crippen molar-refractivity contribution in [2.75, 3.05) is 44.7 Å². The van der Waals surface area contributed by atoms with Crippen LogP contribution >= 0.6 is 0 Å². The van der Waals surface area contributed by atoms with Crippen LogP contribution in [-0.4, -0.2) is 56.7 Å². The third kappa shape index (κ3) is 4.75. The van der Waals surface area contributed by atoms with E-state index in [4.69, 9.17) is 4.74 Å². The number of fused-ring (bicyclic) bond motifs is 2. The van der Waals surface area contributed by atoms with Gasteiger partial charge in [-0.15, -0.1) is 0 Å². The van der Waals surface area contributed by atoms with Crippen LogP contribution in [-0.2, 0) is 11.2 Å². The van der Waals surface area contributed by atoms with Crippen molar-refractivity contribution >= 4 is 22.4 Å². The van der Waals surface area contributed by atoms with Crippen LogP contribution in [0.5, 0.6) is 0 Å². The molecule has 0 aromatic heterocycles. The number of hydrogen-bond donors (Lipinski definition) is 1. The molecule has 0 saturated carbocycles. The zero-order chi connectivity index (χ0) is 24.4. The molecule has 6 heteroatoms. The Kier molecular flexibility index (Phi) is 6.72. The van der Waals surface area contributed by atoms with Crippen molar-refractivity contribution in [2.45, 2.75) is 31.9 Å². The molecule has 180 valence electrons. The molecule has 6 nitrogen and oxygen atoms in total. The fraction of sp³-hybridized carbons (Fsp3) is 0.379. The first kappa shape index (κ1) is 23.3. The number of hydrogen-bond acceptors (Lipinski definition) is 5. The molecule has 0 radical (unpaired) electrons. The van der Waals surface area contributed by atoms with Crippen LogP contribution in [0.2, 0.25) is 0 Å². The molecular weight excluding hydrogens is 436 g/mol. The van der Waals surface area contributed by atoms with Crippen molar-refractivity contribution in [3.05, 3.63) is 76.9 Å². The number of nitriles is 1. The minimum absolute atomic E-state index is 0.0424. The third-order valence-corrected chi connectivity index (χ3v) is 7.44. The van der Waals surface area contributed by atoms with Crippen LogP contribution in [0.1, 0.15) is 46.5 Å². The summed E-state index contributed by atoms with van der Waals surface area (Å²) in [5.41, 5.74) is 5.12. The monoisotopic (exact) mass is 468 g/mol. The average Bonchev–Trinajstić information content (AvgIpc) is 2.90. The van der Waals surface area contributed by atoms with Crippen LogP contribution < -0.4 is 10.2 Å². The standard InChI is InChI=1S/C29H32N4O2/c1-20-19-33(27-5-3-4-22-16-21(18-30)6-8-25(22)27)14-13-32(20)12-10-28-26-9-7-24(29(34)31-2)17-23(26)11-15-35-28/h3-9,16-17,20,28H,10-15,19H2,1-2H3,(H,31,34)/t20-,28+/m1/s1. The predicted octanol–water partition coefficient (Wildman–Crippen LogP) is 4.29. The number of piperazine rings is 1. The molecule has 1 fully saturated rings. The highest BCUT2D eigenvalue weighted by Gasteiger charge is 2.27. The average molecular weight is 469 g/mol. The topological polar surface area (TPSA) is 68.6 Å². The highest BCUT2D eigenvalue weighted by Crippen LogP contribution is 2.32. The number of carbonyl (C=O) groups excluding carboxylic acids is 1. The summed E-state index contributed by atoms with van der Waals surface area (Å²) in [4.78, 5) is 17.0. The molecule has 3 aromatic rings. The van der Waals surface area contributed by atoms with Gasteiger partial charge in [-0.2, -0.15) is 5.26 Å². The summed E-state index contributed by atoms with van der Waals surface area (Å²) in [6.07, 6.45) is 1.88. The maximum absolute atomic E-state index is 12.0. The number of amides is 1. The minimum Gasteiger partial charge on any atom is -0.373 e. The van der Waals surface area contributed by atoms with E-state index in [9.17, 15) is 10.1 Å². The fourth-order valence-corrected chi connectivity index (χ4v) is 5.50. The second kappa shape index (κ2) is 10.1. The van der Waals surface area contributed by atoms with Crippen molar-refractivity contribution in [3.8, 4) is 6.07 Å². The number of carbonyl (C=O) groups is 1. The summed E-state index contributed by atoms with van der Waals surface area (Å²) < 4.78 is 6.15. The Labute approximate surface area is 207 Å². The molecule has 2 aliphatic rings. The lowest BCUT2D eigenvalue weighted by atomic mass is 9.93. The van der Waals surface area contributed by atoms with E-state index < -0.39 is 0 Å². The lowest BCUT2D eigenvalue weighted by Gasteiger charge is -2.42. The molecule has 0 spiro atoms. The Balaban J connectivity index is 1.24. The van der Waals surface area contributed by atoms with Crippen molar-refractivity contribution in [1.82, 2.24) is 10.2 Å². The molecule has 35 heavy (non-hydrogen) atoms. The summed E-state index contributed by atoms with van der Waals surface area (Å²) >= 11 is 0. The molecule has 1 N–H and O–H groups in total. The van der Waals surface area contributed by atoms with E-state index in [1.807, 2.05) is 24.3 Å². The van der Waals surface area contributed by atoms with E-state index in [2.05, 4.69) is 58.4 Å². The van der Waals surface area contributed by atoms with Gasteiger partial charge in [0.25, 0.3) is 5.91 Å². The van der Waals surface area contributed by atoms with Crippen molar-refractivity contribution in [2.24, 2.45) is 0 Å². The Morgan fingerprint density at radius 1 is 1.17 bits per heavy atom. The Morgan fingerprint density at radius 2 is 2.06 bits per heavy atom. The molecule has 0 unspecified atom stereocenters. The maximum Gasteiger partial charge on any atom is 0.251 e. The van der Waals surface area contributed by atoms with Crippen LogP contribution in [0.3, 0.4) is 0 Å². The SMILES string of the molecule is CNC(=O)c1ccc2c(c1)CCO[C@H]2CCN1CCN(c2cccc3cc(C#N)ccc23)C[C@H]1C. The molecule has 2 heterocycles. The number of rotatable bonds is 5. The van der Waals surface area contributed by atoms with Crippen LogP contribution in [0.15, 0.2) is 54.6 Å². The van der Waals surface area contributed by atoms with Gasteiger partial charge in [0.1, 0.15) is 0 Å². The lowest BCUT2D eigenvalue weighted by molar-refractivity contribution is 0.0255. The quantitative estimate of drug-likeness (QED) is 0.605. The van der Waals surface area contributed by atoms with E-state index in [1.54, 1.807) is 7.05 Å². The highest BCUT2D eigenvalue weighted by atomic mass is 16.5. The molecular formula is C29H32N4O2. The Hall–Kier alpha value is -3.40. The van der Waals surface area contributed by atoms with Crippen molar-refractivity contribution in [3.63, 3.8) is 0 Å². The van der Waals surface area contributed by atoms with Crippen LogP contribution in [0.25, 0.3) is 10.8 Å². The van der Waals surface area contributed by atoms with Crippen LogP contribution in [0.4, 0.5) is 5.69 Å². The summed E-state index contributed by atoms with van der Waals surface area (Å²) in [6, 6.07) is 21.0. The fourth-order valence-electron chi connectivity index (χ4n) is 5.50. The number of benzene rings is 3. The number of nitrogens with one attached hydrogen (secondary N) is 1. The number of anilines is 1. The van der Waals surface area contributed by atoms with Gasteiger partial charge < -0.3 is 15.0 Å². The van der Waals surface area contributed by atoms with Crippen LogP contribution in [0, 0.1) is 11.3 Å². The third-order valence-electron chi connectivity index (χ3n) is 7.44. The van der Waals surface area contributed by atoms with Gasteiger partial charge >= 0.3 is 0 Å². The molecule has 2 aliphatic heterocycles. The smallest absolute Gasteiger partial charge is 0.251 e. The summed E-state index contributed by atoms with van der Waals surface area (Å²) in [5.74, 6) is -0.0424. The summed E-state index contributed by atoms with van der Waals surface area (Å²) in [7, 11) is 1.67. The largest absolute Gasteiger partial charge is 0.373 e. The van der Waals surface area contributed by atoms with Gasteiger partial charge in [-0.25, -0.2) is 0 Å². The van der Waals surface area contributed by atoms with Gasteiger partial charge in [0.05, 0.1) is 24.3 Å². The van der Waals surface area contributed by atoms with Gasteiger partial charge in [-0.1, -0.05) is 24.3 Å². The zero-order valence-corrected chi connectivity index (χ0v) is 20.5. The van der Waals surface area contributed by atoms with Crippen molar-refractivity contribution in [1.29, 1.82) is 5.26 Å². The van der Waals surface area contributed by atoms with Crippen molar-refractivity contribution < 1.29 is 9.53 Å². The first-order valence-corrected chi connectivity index (χ1v) is 12.5. The predicted molar refractivity (Wildman–Crippen MR) is 139 cm³/mol. The first-order valence-electron chi connectivity index (χ1n) is 12.5. The van der Waals surface area contributed by atoms with Gasteiger partial charge in [0, 0.05) is 55.9 Å². The summed E-state index contributed by atoms with van der Waals surface area (Å²) in [6.45, 7) is 6.93. The van der Waals surface area contributed by atoms with E-state index in [0.29, 0.717) is 23.8 Å². The Bertz CT molecular complexity index is 1280. The van der Waals surface area contributed by atoms with Gasteiger partial charge in [-0.05, 0) is 66.6 Å². The second-order valence-electron chi connectivity index (χ2n) is 9.55. The lowest BCUT2D eigenvalue weighted by Crippen LogP contribution is -2.52. The zero-order valence-electron chi connectivity index (χ0n) is 20.5. The van der Waals surface area contributed by atoms with Gasteiger partial charge in [-0.3, -0.25) is 9.69 Å². The number of nitrogens with zero attached hydrogens (tertiary/aromatic N) is 3. The Morgan fingerprint density at radius 3 is 2.86 bits per heavy atom. The second-order valence-corrected chi connectivity index (χ2v) is 9.55. The first-order chi connectivity index (χ1) is 17.1. The molecule has 0 aliphatic carbocycles. The van der Waals surface area contributed by atoms with E-state index in [0.717, 1.165) is 44.4 Å². The van der Waals surface area contributed by atoms with E-state index in [1.165, 1.54) is 22.2 Å². The molecule has 5 rings (SSSR count). The molecule has 1 saturated heterocycles. The summed E-state index contributed by atoms with van der Waals surface area (Å²) in [5, 5.41) is 14.3.